The lowest BCUT2D eigenvalue weighted by Crippen LogP contribution is -2.09. The van der Waals surface area contributed by atoms with Crippen LogP contribution in [0.15, 0.2) is 78.9 Å². The minimum absolute atomic E-state index is 0.405. The summed E-state index contributed by atoms with van der Waals surface area (Å²) >= 11 is 0. The van der Waals surface area contributed by atoms with Gasteiger partial charge >= 0.3 is 6.01 Å². The molecule has 1 heterocycles. The summed E-state index contributed by atoms with van der Waals surface area (Å²) in [5.74, 6) is 2.92. The molecule has 1 aliphatic rings. The zero-order valence-corrected chi connectivity index (χ0v) is 19.4. The lowest BCUT2D eigenvalue weighted by molar-refractivity contribution is 0.234. The Bertz CT molecular complexity index is 1180. The van der Waals surface area contributed by atoms with E-state index in [9.17, 15) is 0 Å². The molecule has 0 saturated heterocycles. The van der Waals surface area contributed by atoms with E-state index in [1.807, 2.05) is 71.4 Å². The number of aromatic nitrogens is 3. The summed E-state index contributed by atoms with van der Waals surface area (Å²) < 4.78 is 19.1. The molecule has 0 radical (unpaired) electrons. The Labute approximate surface area is 200 Å². The Balaban J connectivity index is 1.37. The van der Waals surface area contributed by atoms with E-state index >= 15 is 0 Å². The standard InChI is InChI=1S/C28H29N3O3/c1-32-25-17-13-24(14-18-25)31-27(29-28(30-31)34-20-22-9-5-6-10-22)23-11-15-26(16-12-23)33-19-21-7-3-2-4-8-21/h2-4,7-8,11-18,22H,5-6,9-10,19-20H2,1H3. The van der Waals surface area contributed by atoms with Gasteiger partial charge in [-0.2, -0.15) is 4.98 Å². The lowest BCUT2D eigenvalue weighted by atomic mass is 10.1. The van der Waals surface area contributed by atoms with Crippen molar-refractivity contribution in [1.82, 2.24) is 14.8 Å². The van der Waals surface area contributed by atoms with E-state index in [-0.39, 0.29) is 0 Å². The van der Waals surface area contributed by atoms with Gasteiger partial charge in [-0.25, -0.2) is 4.68 Å². The van der Waals surface area contributed by atoms with Gasteiger partial charge in [0.2, 0.25) is 0 Å². The second-order valence-corrected chi connectivity index (χ2v) is 8.59. The van der Waals surface area contributed by atoms with Crippen molar-refractivity contribution in [3.05, 3.63) is 84.4 Å². The summed E-state index contributed by atoms with van der Waals surface area (Å²) in [6.07, 6.45) is 5.00. The van der Waals surface area contributed by atoms with Crippen molar-refractivity contribution >= 4 is 0 Å². The fourth-order valence-electron chi connectivity index (χ4n) is 4.26. The van der Waals surface area contributed by atoms with Crippen LogP contribution >= 0.6 is 0 Å². The summed E-state index contributed by atoms with van der Waals surface area (Å²) in [6.45, 7) is 1.19. The normalized spacial score (nSPS) is 13.7. The number of rotatable bonds is 9. The number of hydrogen-bond acceptors (Lipinski definition) is 5. The maximum atomic E-state index is 6.02. The first kappa shape index (κ1) is 22.0. The number of methoxy groups -OCH3 is 1. The average molecular weight is 456 g/mol. The Hall–Kier alpha value is -3.80. The van der Waals surface area contributed by atoms with Crippen LogP contribution in [0.2, 0.25) is 0 Å². The monoisotopic (exact) mass is 455 g/mol. The van der Waals surface area contributed by atoms with Crippen LogP contribution in [0.4, 0.5) is 0 Å². The summed E-state index contributed by atoms with van der Waals surface area (Å²) in [4.78, 5) is 4.74. The zero-order valence-electron chi connectivity index (χ0n) is 19.4. The van der Waals surface area contributed by atoms with Crippen LogP contribution in [-0.4, -0.2) is 28.5 Å². The Morgan fingerprint density at radius 2 is 1.53 bits per heavy atom. The van der Waals surface area contributed by atoms with Gasteiger partial charge in [0, 0.05) is 5.56 Å². The van der Waals surface area contributed by atoms with Crippen molar-refractivity contribution in [3.63, 3.8) is 0 Å². The molecule has 174 valence electrons. The average Bonchev–Trinajstić information content (AvgIpc) is 3.57. The molecule has 0 spiro atoms. The minimum Gasteiger partial charge on any atom is -0.497 e. The SMILES string of the molecule is COc1ccc(-n2nc(OCC3CCCC3)nc2-c2ccc(OCc3ccccc3)cc2)cc1. The molecular formula is C28H29N3O3. The van der Waals surface area contributed by atoms with E-state index in [1.54, 1.807) is 7.11 Å². The highest BCUT2D eigenvalue weighted by Gasteiger charge is 2.19. The predicted octanol–water partition coefficient (Wildman–Crippen LogP) is 6.09. The van der Waals surface area contributed by atoms with Crippen LogP contribution < -0.4 is 14.2 Å². The maximum Gasteiger partial charge on any atom is 0.336 e. The molecule has 4 aromatic rings. The van der Waals surface area contributed by atoms with Gasteiger partial charge in [0.15, 0.2) is 5.82 Å². The van der Waals surface area contributed by atoms with Crippen LogP contribution in [0.1, 0.15) is 31.2 Å². The molecule has 5 rings (SSSR count). The van der Waals surface area contributed by atoms with Crippen LogP contribution in [0.25, 0.3) is 17.1 Å². The highest BCUT2D eigenvalue weighted by atomic mass is 16.5. The molecule has 1 fully saturated rings. The first-order valence-electron chi connectivity index (χ1n) is 11.8. The minimum atomic E-state index is 0.405. The Morgan fingerprint density at radius 3 is 2.24 bits per heavy atom. The molecule has 1 aromatic heterocycles. The summed E-state index contributed by atoms with van der Waals surface area (Å²) in [5.41, 5.74) is 2.96. The highest BCUT2D eigenvalue weighted by molar-refractivity contribution is 5.59. The molecule has 6 nitrogen and oxygen atoms in total. The molecule has 34 heavy (non-hydrogen) atoms. The molecule has 0 N–H and O–H groups in total. The fraction of sp³-hybridized carbons (Fsp3) is 0.286. The topological polar surface area (TPSA) is 58.4 Å². The molecule has 0 unspecified atom stereocenters. The van der Waals surface area contributed by atoms with Crippen molar-refractivity contribution in [3.8, 4) is 34.6 Å². The third kappa shape index (κ3) is 5.22. The maximum absolute atomic E-state index is 6.02. The van der Waals surface area contributed by atoms with Crippen molar-refractivity contribution in [2.75, 3.05) is 13.7 Å². The highest BCUT2D eigenvalue weighted by Crippen LogP contribution is 2.28. The first-order chi connectivity index (χ1) is 16.8. The molecular weight excluding hydrogens is 426 g/mol. The molecule has 6 heteroatoms. The van der Waals surface area contributed by atoms with Crippen molar-refractivity contribution < 1.29 is 14.2 Å². The van der Waals surface area contributed by atoms with E-state index < -0.39 is 0 Å². The molecule has 0 bridgehead atoms. The number of nitrogens with zero attached hydrogens (tertiary/aromatic N) is 3. The number of hydrogen-bond donors (Lipinski definition) is 0. The second kappa shape index (κ2) is 10.4. The van der Waals surface area contributed by atoms with E-state index in [2.05, 4.69) is 17.2 Å². The van der Waals surface area contributed by atoms with Crippen LogP contribution in [0, 0.1) is 5.92 Å². The molecule has 0 atom stereocenters. The second-order valence-electron chi connectivity index (χ2n) is 8.59. The zero-order chi connectivity index (χ0) is 23.2. The van der Waals surface area contributed by atoms with Crippen LogP contribution in [0.5, 0.6) is 17.5 Å². The lowest BCUT2D eigenvalue weighted by Gasteiger charge is -2.09. The smallest absolute Gasteiger partial charge is 0.336 e. The quantitative estimate of drug-likeness (QED) is 0.306. The van der Waals surface area contributed by atoms with E-state index in [0.717, 1.165) is 34.1 Å². The summed E-state index contributed by atoms with van der Waals surface area (Å²) in [7, 11) is 1.66. The van der Waals surface area contributed by atoms with Gasteiger partial charge in [0.25, 0.3) is 0 Å². The first-order valence-corrected chi connectivity index (χ1v) is 11.8. The predicted molar refractivity (Wildman–Crippen MR) is 132 cm³/mol. The van der Waals surface area contributed by atoms with Crippen molar-refractivity contribution in [2.24, 2.45) is 5.92 Å². The third-order valence-electron chi connectivity index (χ3n) is 6.19. The largest absolute Gasteiger partial charge is 0.497 e. The third-order valence-corrected chi connectivity index (χ3v) is 6.19. The fourth-order valence-corrected chi connectivity index (χ4v) is 4.26. The van der Waals surface area contributed by atoms with Gasteiger partial charge in [0.1, 0.15) is 18.1 Å². The van der Waals surface area contributed by atoms with E-state index in [4.69, 9.17) is 19.2 Å². The van der Waals surface area contributed by atoms with Gasteiger partial charge in [-0.3, -0.25) is 0 Å². The van der Waals surface area contributed by atoms with Gasteiger partial charge in [0.05, 0.1) is 19.4 Å². The van der Waals surface area contributed by atoms with E-state index in [0.29, 0.717) is 25.1 Å². The van der Waals surface area contributed by atoms with Gasteiger partial charge in [-0.15, -0.1) is 5.10 Å². The number of benzene rings is 3. The van der Waals surface area contributed by atoms with E-state index in [1.165, 1.54) is 25.7 Å². The molecule has 0 aliphatic heterocycles. The molecule has 1 saturated carbocycles. The van der Waals surface area contributed by atoms with Gasteiger partial charge in [-0.05, 0) is 72.9 Å². The summed E-state index contributed by atoms with van der Waals surface area (Å²) in [5, 5.41) is 4.68. The van der Waals surface area contributed by atoms with Gasteiger partial charge in [-0.1, -0.05) is 43.2 Å². The van der Waals surface area contributed by atoms with Crippen LogP contribution in [0.3, 0.4) is 0 Å². The Morgan fingerprint density at radius 1 is 0.824 bits per heavy atom. The molecule has 0 amide bonds. The van der Waals surface area contributed by atoms with Crippen LogP contribution in [-0.2, 0) is 6.61 Å². The van der Waals surface area contributed by atoms with Crippen molar-refractivity contribution in [1.29, 1.82) is 0 Å². The molecule has 3 aromatic carbocycles. The van der Waals surface area contributed by atoms with Crippen molar-refractivity contribution in [2.45, 2.75) is 32.3 Å². The number of ether oxygens (including phenoxy) is 3. The van der Waals surface area contributed by atoms with Gasteiger partial charge < -0.3 is 14.2 Å². The Kier molecular flexibility index (Phi) is 6.75. The molecule has 1 aliphatic carbocycles. The summed E-state index contributed by atoms with van der Waals surface area (Å²) in [6, 6.07) is 26.2.